The summed E-state index contributed by atoms with van der Waals surface area (Å²) in [7, 11) is 0. The van der Waals surface area contributed by atoms with Gasteiger partial charge in [-0.25, -0.2) is 4.98 Å². The van der Waals surface area contributed by atoms with E-state index in [0.29, 0.717) is 24.6 Å². The number of nitrogens with zero attached hydrogens (tertiary/aromatic N) is 4. The van der Waals surface area contributed by atoms with Crippen LogP contribution in [0.1, 0.15) is 21.6 Å². The Hall–Kier alpha value is -2.93. The Bertz CT molecular complexity index is 1050. The van der Waals surface area contributed by atoms with Gasteiger partial charge in [0.25, 0.3) is 5.91 Å². The monoisotopic (exact) mass is 465 g/mol. The van der Waals surface area contributed by atoms with Crippen LogP contribution >= 0.6 is 15.9 Å². The highest BCUT2D eigenvalue weighted by Crippen LogP contribution is 2.21. The van der Waals surface area contributed by atoms with E-state index in [1.165, 1.54) is 5.56 Å². The fraction of sp³-hybridized carbons (Fsp3) is 0.261. The van der Waals surface area contributed by atoms with Gasteiger partial charge in [-0.15, -0.1) is 0 Å². The van der Waals surface area contributed by atoms with E-state index in [0.717, 1.165) is 34.8 Å². The Morgan fingerprint density at radius 2 is 1.70 bits per heavy atom. The standard InChI is InChI=1S/C23H24BrN5O/c1-16-6-8-20(9-7-16)26-23-25-17(2)14-21(27-23)28-10-12-29(13-11-28)22(30)18-4-3-5-19(24)15-18/h3-9,14-15H,10-13H2,1-2H3,(H,25,26,27). The molecule has 0 saturated carbocycles. The lowest BCUT2D eigenvalue weighted by Crippen LogP contribution is -2.49. The van der Waals surface area contributed by atoms with E-state index in [-0.39, 0.29) is 5.91 Å². The summed E-state index contributed by atoms with van der Waals surface area (Å²) in [6.07, 6.45) is 0. The summed E-state index contributed by atoms with van der Waals surface area (Å²) in [6.45, 7) is 6.83. The molecule has 1 aliphatic rings. The minimum atomic E-state index is 0.0662. The van der Waals surface area contributed by atoms with Gasteiger partial charge in [-0.3, -0.25) is 4.79 Å². The van der Waals surface area contributed by atoms with E-state index in [1.807, 2.05) is 54.3 Å². The minimum absolute atomic E-state index is 0.0662. The molecule has 0 atom stereocenters. The van der Waals surface area contributed by atoms with E-state index in [9.17, 15) is 4.79 Å². The Balaban J connectivity index is 1.43. The maximum absolute atomic E-state index is 12.8. The van der Waals surface area contributed by atoms with Crippen LogP contribution in [0.2, 0.25) is 0 Å². The van der Waals surface area contributed by atoms with Gasteiger partial charge in [-0.05, 0) is 44.2 Å². The Labute approximate surface area is 185 Å². The summed E-state index contributed by atoms with van der Waals surface area (Å²) in [6, 6.07) is 17.7. The number of piperazine rings is 1. The SMILES string of the molecule is Cc1ccc(Nc2nc(C)cc(N3CCN(C(=O)c4cccc(Br)c4)CC3)n2)cc1. The number of aryl methyl sites for hydroxylation is 2. The predicted octanol–water partition coefficient (Wildman–Crippen LogP) is 4.56. The molecule has 3 aromatic rings. The number of carbonyl (C=O) groups excluding carboxylic acids is 1. The Morgan fingerprint density at radius 1 is 0.967 bits per heavy atom. The maximum Gasteiger partial charge on any atom is 0.254 e. The van der Waals surface area contributed by atoms with Crippen molar-refractivity contribution in [1.82, 2.24) is 14.9 Å². The van der Waals surface area contributed by atoms with Gasteiger partial charge < -0.3 is 15.1 Å². The van der Waals surface area contributed by atoms with Crippen molar-refractivity contribution in [2.24, 2.45) is 0 Å². The van der Waals surface area contributed by atoms with Gasteiger partial charge in [0.2, 0.25) is 5.95 Å². The fourth-order valence-corrected chi connectivity index (χ4v) is 3.88. The molecule has 0 aliphatic carbocycles. The number of amides is 1. The second-order valence-corrected chi connectivity index (χ2v) is 8.39. The highest BCUT2D eigenvalue weighted by Gasteiger charge is 2.23. The van der Waals surface area contributed by atoms with Gasteiger partial charge in [0.15, 0.2) is 0 Å². The molecule has 7 heteroatoms. The lowest BCUT2D eigenvalue weighted by atomic mass is 10.2. The van der Waals surface area contributed by atoms with Crippen LogP contribution in [0.15, 0.2) is 59.1 Å². The van der Waals surface area contributed by atoms with Crippen LogP contribution in [-0.4, -0.2) is 47.0 Å². The molecule has 30 heavy (non-hydrogen) atoms. The van der Waals surface area contributed by atoms with Crippen molar-refractivity contribution < 1.29 is 4.79 Å². The van der Waals surface area contributed by atoms with Crippen molar-refractivity contribution in [1.29, 1.82) is 0 Å². The molecule has 1 amide bonds. The molecular formula is C23H24BrN5O. The molecule has 2 heterocycles. The molecule has 1 saturated heterocycles. The first-order valence-electron chi connectivity index (χ1n) is 9.97. The summed E-state index contributed by atoms with van der Waals surface area (Å²) in [5, 5.41) is 3.29. The molecule has 6 nitrogen and oxygen atoms in total. The van der Waals surface area contributed by atoms with E-state index >= 15 is 0 Å². The normalized spacial score (nSPS) is 14.0. The van der Waals surface area contributed by atoms with Crippen molar-refractivity contribution in [3.05, 3.63) is 75.9 Å². The van der Waals surface area contributed by atoms with Crippen LogP contribution in [-0.2, 0) is 0 Å². The molecule has 1 aromatic heterocycles. The molecule has 0 radical (unpaired) electrons. The number of anilines is 3. The molecule has 0 unspecified atom stereocenters. The first kappa shape index (κ1) is 20.3. The number of nitrogens with one attached hydrogen (secondary N) is 1. The van der Waals surface area contributed by atoms with E-state index in [2.05, 4.69) is 50.2 Å². The number of hydrogen-bond acceptors (Lipinski definition) is 5. The zero-order valence-electron chi connectivity index (χ0n) is 17.1. The van der Waals surface area contributed by atoms with Crippen LogP contribution in [0.4, 0.5) is 17.5 Å². The van der Waals surface area contributed by atoms with Crippen LogP contribution in [0.5, 0.6) is 0 Å². The zero-order chi connectivity index (χ0) is 21.1. The lowest BCUT2D eigenvalue weighted by Gasteiger charge is -2.35. The van der Waals surface area contributed by atoms with Crippen LogP contribution in [0.3, 0.4) is 0 Å². The van der Waals surface area contributed by atoms with E-state index < -0.39 is 0 Å². The third kappa shape index (κ3) is 4.79. The van der Waals surface area contributed by atoms with Gasteiger partial charge in [0.05, 0.1) is 0 Å². The summed E-state index contributed by atoms with van der Waals surface area (Å²) in [5.41, 5.74) is 3.78. The highest BCUT2D eigenvalue weighted by molar-refractivity contribution is 9.10. The van der Waals surface area contributed by atoms with Crippen molar-refractivity contribution in [3.8, 4) is 0 Å². The van der Waals surface area contributed by atoms with Crippen LogP contribution in [0, 0.1) is 13.8 Å². The first-order chi connectivity index (χ1) is 14.5. The zero-order valence-corrected chi connectivity index (χ0v) is 18.7. The predicted molar refractivity (Wildman–Crippen MR) is 123 cm³/mol. The maximum atomic E-state index is 12.8. The number of benzene rings is 2. The third-order valence-corrected chi connectivity index (χ3v) is 5.60. The van der Waals surface area contributed by atoms with E-state index in [1.54, 1.807) is 0 Å². The average Bonchev–Trinajstić information content (AvgIpc) is 2.74. The fourth-order valence-electron chi connectivity index (χ4n) is 3.48. The summed E-state index contributed by atoms with van der Waals surface area (Å²) < 4.78 is 0.914. The second kappa shape index (κ2) is 8.83. The van der Waals surface area contributed by atoms with Crippen LogP contribution < -0.4 is 10.2 Å². The average molecular weight is 466 g/mol. The van der Waals surface area contributed by atoms with Crippen molar-refractivity contribution >= 4 is 39.3 Å². The lowest BCUT2D eigenvalue weighted by molar-refractivity contribution is 0.0746. The third-order valence-electron chi connectivity index (χ3n) is 5.11. The highest BCUT2D eigenvalue weighted by atomic mass is 79.9. The molecular weight excluding hydrogens is 442 g/mol. The molecule has 2 aromatic carbocycles. The molecule has 0 spiro atoms. The summed E-state index contributed by atoms with van der Waals surface area (Å²) in [4.78, 5) is 26.1. The smallest absolute Gasteiger partial charge is 0.254 e. The van der Waals surface area contributed by atoms with Gasteiger partial charge in [-0.2, -0.15) is 4.98 Å². The second-order valence-electron chi connectivity index (χ2n) is 7.47. The van der Waals surface area contributed by atoms with Crippen molar-refractivity contribution in [2.75, 3.05) is 36.4 Å². The quantitative estimate of drug-likeness (QED) is 0.611. The number of hydrogen-bond donors (Lipinski definition) is 1. The first-order valence-corrected chi connectivity index (χ1v) is 10.8. The van der Waals surface area contributed by atoms with Crippen LogP contribution in [0.25, 0.3) is 0 Å². The van der Waals surface area contributed by atoms with Crippen molar-refractivity contribution in [2.45, 2.75) is 13.8 Å². The molecule has 0 bridgehead atoms. The van der Waals surface area contributed by atoms with Gasteiger partial charge >= 0.3 is 0 Å². The molecule has 154 valence electrons. The molecule has 4 rings (SSSR count). The van der Waals surface area contributed by atoms with Crippen molar-refractivity contribution in [3.63, 3.8) is 0 Å². The summed E-state index contributed by atoms with van der Waals surface area (Å²) >= 11 is 3.44. The molecule has 1 fully saturated rings. The topological polar surface area (TPSA) is 61.4 Å². The number of halogens is 1. The number of rotatable bonds is 4. The van der Waals surface area contributed by atoms with E-state index in [4.69, 9.17) is 4.98 Å². The van der Waals surface area contributed by atoms with Gasteiger partial charge in [0, 0.05) is 53.7 Å². The molecule has 1 aliphatic heterocycles. The Morgan fingerprint density at radius 3 is 2.40 bits per heavy atom. The van der Waals surface area contributed by atoms with Gasteiger partial charge in [-0.1, -0.05) is 39.7 Å². The number of aromatic nitrogens is 2. The van der Waals surface area contributed by atoms with Gasteiger partial charge in [0.1, 0.15) is 5.82 Å². The minimum Gasteiger partial charge on any atom is -0.353 e. The Kier molecular flexibility index (Phi) is 5.99. The summed E-state index contributed by atoms with van der Waals surface area (Å²) in [5.74, 6) is 1.53. The largest absolute Gasteiger partial charge is 0.353 e. The number of carbonyl (C=O) groups is 1. The molecule has 1 N–H and O–H groups in total.